The van der Waals surface area contributed by atoms with Gasteiger partial charge in [0.25, 0.3) is 0 Å². The molecule has 8 nitrogen and oxygen atoms in total. The minimum absolute atomic E-state index is 0. The first-order chi connectivity index (χ1) is 17.4. The Kier molecular flexibility index (Phi) is 11.3. The van der Waals surface area contributed by atoms with E-state index in [-0.39, 0.29) is 28.6 Å². The number of ether oxygens (including phenoxy) is 2. The zero-order valence-electron chi connectivity index (χ0n) is 20.8. The van der Waals surface area contributed by atoms with Crippen LogP contribution in [0.5, 0.6) is 23.0 Å². The molecule has 0 saturated heterocycles. The molecule has 0 N–H and O–H groups in total. The van der Waals surface area contributed by atoms with Gasteiger partial charge in [-0.25, -0.2) is 0 Å². The van der Waals surface area contributed by atoms with Crippen LogP contribution in [0.25, 0.3) is 0 Å². The summed E-state index contributed by atoms with van der Waals surface area (Å²) in [6, 6.07) is 24.2. The van der Waals surface area contributed by atoms with Crippen molar-refractivity contribution in [3.05, 3.63) is 96.1 Å². The number of hydrogen-bond acceptors (Lipinski definition) is 8. The molecule has 0 atom stereocenters. The van der Waals surface area contributed by atoms with Gasteiger partial charge in [-0.1, -0.05) is 35.8 Å². The number of benzene rings is 4. The van der Waals surface area contributed by atoms with Gasteiger partial charge in [0.2, 0.25) is 0 Å². The SMILES string of the molecule is COc1ccc(N=Nc2cc(C)ccc2[O-])cc1.COc1ccc(N=Nc2cc(C)ccc2[O-])cc1.[Cu+2]. The molecule has 1 radical (unpaired) electrons. The second-order valence-corrected chi connectivity index (χ2v) is 7.74. The first-order valence-electron chi connectivity index (χ1n) is 11.0. The molecule has 4 aromatic rings. The van der Waals surface area contributed by atoms with E-state index >= 15 is 0 Å². The summed E-state index contributed by atoms with van der Waals surface area (Å²) in [6.07, 6.45) is 0. The molecule has 37 heavy (non-hydrogen) atoms. The minimum atomic E-state index is -0.127. The van der Waals surface area contributed by atoms with E-state index in [9.17, 15) is 10.2 Å². The molecule has 0 aliphatic heterocycles. The average Bonchev–Trinajstić information content (AvgIpc) is 2.90. The molecule has 4 aromatic carbocycles. The van der Waals surface area contributed by atoms with Crippen molar-refractivity contribution in [2.24, 2.45) is 20.5 Å². The van der Waals surface area contributed by atoms with E-state index in [1.54, 1.807) is 87.0 Å². The summed E-state index contributed by atoms with van der Waals surface area (Å²) in [5.41, 5.74) is 4.03. The maximum atomic E-state index is 11.5. The molecule has 0 aliphatic rings. The Balaban J connectivity index is 0.000000253. The van der Waals surface area contributed by atoms with Crippen LogP contribution in [-0.2, 0) is 17.1 Å². The number of nitrogens with zero attached hydrogens (tertiary/aromatic N) is 4. The standard InChI is InChI=1S/2C14H14N2O2.Cu/c2*1-10-3-8-14(17)13(9-10)16-15-11-4-6-12(18-2)7-5-11;/h2*3-9,17H,1-2H3;/q;;+2/p-2. The van der Waals surface area contributed by atoms with Crippen molar-refractivity contribution in [2.45, 2.75) is 13.8 Å². The van der Waals surface area contributed by atoms with Gasteiger partial charge in [0.1, 0.15) is 11.5 Å². The monoisotopic (exact) mass is 545 g/mol. The Labute approximate surface area is 226 Å². The third-order valence-electron chi connectivity index (χ3n) is 4.92. The summed E-state index contributed by atoms with van der Waals surface area (Å²) in [5.74, 6) is 1.26. The van der Waals surface area contributed by atoms with Crippen molar-refractivity contribution in [2.75, 3.05) is 14.2 Å². The van der Waals surface area contributed by atoms with E-state index in [0.717, 1.165) is 22.6 Å². The maximum absolute atomic E-state index is 11.5. The van der Waals surface area contributed by atoms with Crippen molar-refractivity contribution in [3.8, 4) is 23.0 Å². The van der Waals surface area contributed by atoms with Crippen LogP contribution in [0.1, 0.15) is 11.1 Å². The molecular formula is C28H26CuN4O4. The van der Waals surface area contributed by atoms with Gasteiger partial charge in [-0.3, -0.25) is 0 Å². The third kappa shape index (κ3) is 9.07. The predicted octanol–water partition coefficient (Wildman–Crippen LogP) is 6.98. The summed E-state index contributed by atoms with van der Waals surface area (Å²) in [4.78, 5) is 0. The predicted molar refractivity (Wildman–Crippen MR) is 136 cm³/mol. The largest absolute Gasteiger partial charge is 2.00 e. The summed E-state index contributed by atoms with van der Waals surface area (Å²) in [6.45, 7) is 3.82. The summed E-state index contributed by atoms with van der Waals surface area (Å²) in [7, 11) is 3.21. The molecule has 0 amide bonds. The third-order valence-corrected chi connectivity index (χ3v) is 4.92. The van der Waals surface area contributed by atoms with Crippen LogP contribution in [0.4, 0.5) is 22.7 Å². The molecule has 0 spiro atoms. The van der Waals surface area contributed by atoms with Crippen molar-refractivity contribution < 1.29 is 36.8 Å². The second kappa shape index (κ2) is 14.4. The molecule has 0 fully saturated rings. The smallest absolute Gasteiger partial charge is 0.871 e. The zero-order chi connectivity index (χ0) is 25.9. The van der Waals surface area contributed by atoms with Crippen LogP contribution in [0, 0.1) is 13.8 Å². The van der Waals surface area contributed by atoms with Crippen molar-refractivity contribution >= 4 is 22.7 Å². The summed E-state index contributed by atoms with van der Waals surface area (Å²) in [5, 5.41) is 39.0. The first-order valence-corrected chi connectivity index (χ1v) is 11.0. The first kappa shape index (κ1) is 29.0. The molecule has 193 valence electrons. The normalized spacial score (nSPS) is 10.5. The van der Waals surface area contributed by atoms with Gasteiger partial charge in [-0.15, -0.1) is 0 Å². The van der Waals surface area contributed by atoms with Gasteiger partial charge in [-0.2, -0.15) is 20.5 Å². The molecule has 0 aromatic heterocycles. The quantitative estimate of drug-likeness (QED) is 0.192. The van der Waals surface area contributed by atoms with Gasteiger partial charge < -0.3 is 19.7 Å². The fourth-order valence-corrected chi connectivity index (χ4v) is 2.93. The molecular weight excluding hydrogens is 520 g/mol. The molecule has 0 saturated carbocycles. The fourth-order valence-electron chi connectivity index (χ4n) is 2.93. The average molecular weight is 546 g/mol. The van der Waals surface area contributed by atoms with Gasteiger partial charge in [0, 0.05) is 0 Å². The van der Waals surface area contributed by atoms with E-state index in [4.69, 9.17) is 9.47 Å². The van der Waals surface area contributed by atoms with Gasteiger partial charge in [0.05, 0.1) is 37.0 Å². The number of methoxy groups -OCH3 is 2. The van der Waals surface area contributed by atoms with Crippen LogP contribution in [0.3, 0.4) is 0 Å². The van der Waals surface area contributed by atoms with Gasteiger partial charge in [-0.05, 0) is 85.6 Å². The number of rotatable bonds is 6. The van der Waals surface area contributed by atoms with E-state index < -0.39 is 0 Å². The van der Waals surface area contributed by atoms with Crippen LogP contribution >= 0.6 is 0 Å². The molecule has 9 heteroatoms. The van der Waals surface area contributed by atoms with E-state index in [2.05, 4.69) is 20.5 Å². The Morgan fingerprint density at radius 3 is 1.19 bits per heavy atom. The van der Waals surface area contributed by atoms with E-state index in [1.165, 1.54) is 12.1 Å². The molecule has 0 bridgehead atoms. The second-order valence-electron chi connectivity index (χ2n) is 7.74. The Hall–Kier alpha value is -4.20. The van der Waals surface area contributed by atoms with Crippen molar-refractivity contribution in [1.29, 1.82) is 0 Å². The fraction of sp³-hybridized carbons (Fsp3) is 0.143. The molecule has 0 aliphatic carbocycles. The van der Waals surface area contributed by atoms with Crippen molar-refractivity contribution in [3.63, 3.8) is 0 Å². The molecule has 0 heterocycles. The Morgan fingerprint density at radius 2 is 0.865 bits per heavy atom. The summed E-state index contributed by atoms with van der Waals surface area (Å²) < 4.78 is 10.1. The van der Waals surface area contributed by atoms with Crippen LogP contribution in [0.15, 0.2) is 105 Å². The number of azo groups is 2. The molecule has 0 unspecified atom stereocenters. The topological polar surface area (TPSA) is 114 Å². The number of hydrogen-bond donors (Lipinski definition) is 0. The van der Waals surface area contributed by atoms with Crippen LogP contribution in [0.2, 0.25) is 0 Å². The summed E-state index contributed by atoms with van der Waals surface area (Å²) >= 11 is 0. The zero-order valence-corrected chi connectivity index (χ0v) is 21.7. The number of aryl methyl sites for hydroxylation is 2. The minimum Gasteiger partial charge on any atom is -0.871 e. The Morgan fingerprint density at radius 1 is 0.514 bits per heavy atom. The van der Waals surface area contributed by atoms with E-state index in [0.29, 0.717) is 22.7 Å². The van der Waals surface area contributed by atoms with Crippen LogP contribution in [-0.4, -0.2) is 14.2 Å². The van der Waals surface area contributed by atoms with Crippen LogP contribution < -0.4 is 19.7 Å². The maximum Gasteiger partial charge on any atom is 2.00 e. The van der Waals surface area contributed by atoms with E-state index in [1.807, 2.05) is 13.8 Å². The Bertz CT molecular complexity index is 1240. The van der Waals surface area contributed by atoms with Gasteiger partial charge in [0.15, 0.2) is 0 Å². The van der Waals surface area contributed by atoms with Crippen molar-refractivity contribution in [1.82, 2.24) is 0 Å². The van der Waals surface area contributed by atoms with Gasteiger partial charge >= 0.3 is 17.1 Å². The molecule has 4 rings (SSSR count).